The maximum atomic E-state index is 12.9. The van der Waals surface area contributed by atoms with Crippen molar-refractivity contribution in [3.05, 3.63) is 40.1 Å². The number of ether oxygens (including phenoxy) is 1. The molecule has 2 N–H and O–H groups in total. The highest BCUT2D eigenvalue weighted by Gasteiger charge is 2.18. The van der Waals surface area contributed by atoms with Crippen LogP contribution in [0, 0.1) is 5.82 Å². The molecule has 0 spiro atoms. The maximum Gasteiger partial charge on any atom is 0.286 e. The fourth-order valence-corrected chi connectivity index (χ4v) is 3.86. The van der Waals surface area contributed by atoms with Crippen molar-refractivity contribution in [2.45, 2.75) is 38.8 Å². The van der Waals surface area contributed by atoms with Gasteiger partial charge in [0.05, 0.1) is 0 Å². The van der Waals surface area contributed by atoms with Gasteiger partial charge in [0.2, 0.25) is 10.9 Å². The Morgan fingerprint density at radius 1 is 1.23 bits per heavy atom. The molecule has 0 bridgehead atoms. The Bertz CT molecular complexity index is 839. The Morgan fingerprint density at radius 2 is 1.97 bits per heavy atom. The van der Waals surface area contributed by atoms with Crippen LogP contribution in [0.4, 0.5) is 10.1 Å². The zero-order chi connectivity index (χ0) is 21.3. The number of aromatic nitrogens is 2. The Balaban J connectivity index is 1.33. The van der Waals surface area contributed by atoms with E-state index in [2.05, 4.69) is 32.7 Å². The van der Waals surface area contributed by atoms with Gasteiger partial charge in [-0.1, -0.05) is 11.3 Å². The van der Waals surface area contributed by atoms with E-state index in [-0.39, 0.29) is 29.9 Å². The second-order valence-corrected chi connectivity index (χ2v) is 8.25. The summed E-state index contributed by atoms with van der Waals surface area (Å²) >= 11 is 1.08. The summed E-state index contributed by atoms with van der Waals surface area (Å²) in [5, 5.41) is 13.9. The molecule has 0 unspecified atom stereocenters. The third-order valence-corrected chi connectivity index (χ3v) is 5.77. The molecule has 1 aliphatic rings. The van der Waals surface area contributed by atoms with E-state index in [0.717, 1.165) is 30.8 Å². The zero-order valence-electron chi connectivity index (χ0n) is 16.9. The summed E-state index contributed by atoms with van der Waals surface area (Å²) in [6, 6.07) is 5.90. The second-order valence-electron chi connectivity index (χ2n) is 7.19. The number of nitrogens with one attached hydrogen (secondary N) is 2. The van der Waals surface area contributed by atoms with E-state index in [1.165, 1.54) is 37.1 Å². The minimum Gasteiger partial charge on any atom is -0.364 e. The summed E-state index contributed by atoms with van der Waals surface area (Å²) in [5.74, 6) is -0.994. The lowest BCUT2D eigenvalue weighted by Crippen LogP contribution is -2.35. The normalized spacial score (nSPS) is 15.1. The van der Waals surface area contributed by atoms with Gasteiger partial charge in [0.15, 0.2) is 0 Å². The molecule has 0 saturated carbocycles. The summed E-state index contributed by atoms with van der Waals surface area (Å²) in [7, 11) is 0. The van der Waals surface area contributed by atoms with Crippen LogP contribution in [0.5, 0.6) is 0 Å². The first-order valence-electron chi connectivity index (χ1n) is 9.99. The van der Waals surface area contributed by atoms with Gasteiger partial charge in [0, 0.05) is 18.3 Å². The van der Waals surface area contributed by atoms with Crippen LogP contribution < -0.4 is 10.6 Å². The molecule has 30 heavy (non-hydrogen) atoms. The summed E-state index contributed by atoms with van der Waals surface area (Å²) in [5.41, 5.74) is 0.463. The van der Waals surface area contributed by atoms with Crippen molar-refractivity contribution in [2.75, 3.05) is 31.6 Å². The molecule has 0 aliphatic carbocycles. The minimum atomic E-state index is -0.435. The van der Waals surface area contributed by atoms with Crippen LogP contribution in [0.3, 0.4) is 0 Å². The highest BCUT2D eigenvalue weighted by Crippen LogP contribution is 2.15. The molecule has 1 fully saturated rings. The van der Waals surface area contributed by atoms with Crippen molar-refractivity contribution in [3.63, 3.8) is 0 Å². The average molecular weight is 436 g/mol. The van der Waals surface area contributed by atoms with Crippen molar-refractivity contribution in [1.82, 2.24) is 20.4 Å². The van der Waals surface area contributed by atoms with Gasteiger partial charge in [0.1, 0.15) is 24.0 Å². The van der Waals surface area contributed by atoms with Crippen LogP contribution in [0.15, 0.2) is 24.3 Å². The molecule has 2 heterocycles. The van der Waals surface area contributed by atoms with Crippen molar-refractivity contribution < 1.29 is 18.7 Å². The number of rotatable bonds is 10. The lowest BCUT2D eigenvalue weighted by molar-refractivity contribution is -0.126. The SMILES string of the molecule is C[C@H](CCNC(=O)COCc1nnc(C(=O)Nc2ccc(F)cc2)s1)N1CCCC1. The number of anilines is 1. The van der Waals surface area contributed by atoms with Gasteiger partial charge in [0.25, 0.3) is 5.91 Å². The van der Waals surface area contributed by atoms with Crippen LogP contribution in [0.1, 0.15) is 41.0 Å². The van der Waals surface area contributed by atoms with E-state index in [1.54, 1.807) is 0 Å². The third-order valence-electron chi connectivity index (χ3n) is 4.87. The number of carbonyl (C=O) groups excluding carboxylic acids is 2. The van der Waals surface area contributed by atoms with E-state index in [1.807, 2.05) is 0 Å². The third kappa shape index (κ3) is 6.82. The van der Waals surface area contributed by atoms with E-state index in [0.29, 0.717) is 23.3 Å². The largest absolute Gasteiger partial charge is 0.364 e. The van der Waals surface area contributed by atoms with Crippen LogP contribution in [0.25, 0.3) is 0 Å². The summed E-state index contributed by atoms with van der Waals surface area (Å²) in [6.07, 6.45) is 3.42. The van der Waals surface area contributed by atoms with E-state index in [4.69, 9.17) is 4.74 Å². The topological polar surface area (TPSA) is 96.5 Å². The maximum absolute atomic E-state index is 12.9. The first-order valence-corrected chi connectivity index (χ1v) is 10.8. The fraction of sp³-hybridized carbons (Fsp3) is 0.500. The minimum absolute atomic E-state index is 0.0746. The lowest BCUT2D eigenvalue weighted by atomic mass is 10.2. The number of hydrogen-bond acceptors (Lipinski definition) is 7. The van der Waals surface area contributed by atoms with Gasteiger partial charge in [-0.15, -0.1) is 10.2 Å². The quantitative estimate of drug-likeness (QED) is 0.595. The van der Waals surface area contributed by atoms with Crippen molar-refractivity contribution in [1.29, 1.82) is 0 Å². The molecule has 1 aromatic heterocycles. The number of benzene rings is 1. The van der Waals surface area contributed by atoms with Gasteiger partial charge < -0.3 is 20.3 Å². The lowest BCUT2D eigenvalue weighted by Gasteiger charge is -2.23. The standard InChI is InChI=1S/C20H26FN5O3S/c1-14(26-10-2-3-11-26)8-9-22-17(27)12-29-13-18-24-25-20(30-18)19(28)23-16-6-4-15(21)5-7-16/h4-7,14H,2-3,8-13H2,1H3,(H,22,27)(H,23,28)/t14-/m1/s1. The number of halogens is 1. The Hall–Kier alpha value is -2.43. The molecule has 1 saturated heterocycles. The molecule has 3 rings (SSSR count). The fourth-order valence-electron chi connectivity index (χ4n) is 3.19. The number of carbonyl (C=O) groups is 2. The first-order chi connectivity index (χ1) is 14.5. The molecule has 8 nitrogen and oxygen atoms in total. The number of nitrogens with zero attached hydrogens (tertiary/aromatic N) is 3. The van der Waals surface area contributed by atoms with Crippen LogP contribution >= 0.6 is 11.3 Å². The summed E-state index contributed by atoms with van der Waals surface area (Å²) < 4.78 is 18.3. The first kappa shape index (κ1) is 22.3. The predicted octanol–water partition coefficient (Wildman–Crippen LogP) is 2.44. The molecule has 2 aromatic rings. The summed E-state index contributed by atoms with van der Waals surface area (Å²) in [6.45, 7) is 5.11. The van der Waals surface area contributed by atoms with E-state index >= 15 is 0 Å². The average Bonchev–Trinajstić information content (AvgIpc) is 3.42. The highest BCUT2D eigenvalue weighted by molar-refractivity contribution is 7.13. The molecule has 1 aromatic carbocycles. The number of amides is 2. The van der Waals surface area contributed by atoms with E-state index < -0.39 is 5.91 Å². The van der Waals surface area contributed by atoms with Crippen LogP contribution in [-0.4, -0.2) is 59.2 Å². The van der Waals surface area contributed by atoms with Gasteiger partial charge >= 0.3 is 0 Å². The van der Waals surface area contributed by atoms with Crippen LogP contribution in [-0.2, 0) is 16.1 Å². The molecule has 2 amide bonds. The molecule has 0 radical (unpaired) electrons. The molecule has 10 heteroatoms. The van der Waals surface area contributed by atoms with Crippen molar-refractivity contribution in [3.8, 4) is 0 Å². The predicted molar refractivity (Wildman–Crippen MR) is 112 cm³/mol. The Labute approximate surface area is 178 Å². The van der Waals surface area contributed by atoms with Crippen LogP contribution in [0.2, 0.25) is 0 Å². The van der Waals surface area contributed by atoms with Crippen molar-refractivity contribution in [2.24, 2.45) is 0 Å². The van der Waals surface area contributed by atoms with Crippen molar-refractivity contribution >= 4 is 28.8 Å². The Morgan fingerprint density at radius 3 is 2.70 bits per heavy atom. The Kier molecular flexibility index (Phi) is 8.23. The van der Waals surface area contributed by atoms with E-state index in [9.17, 15) is 14.0 Å². The smallest absolute Gasteiger partial charge is 0.286 e. The molecule has 1 atom stereocenters. The van der Waals surface area contributed by atoms with Gasteiger partial charge in [-0.3, -0.25) is 9.59 Å². The summed E-state index contributed by atoms with van der Waals surface area (Å²) in [4.78, 5) is 26.5. The highest BCUT2D eigenvalue weighted by atomic mass is 32.1. The zero-order valence-corrected chi connectivity index (χ0v) is 17.7. The molecular formula is C20H26FN5O3S. The molecule has 162 valence electrons. The second kappa shape index (κ2) is 11.1. The van der Waals surface area contributed by atoms with Gasteiger partial charge in [-0.05, 0) is 63.5 Å². The molecule has 1 aliphatic heterocycles. The number of hydrogen-bond donors (Lipinski definition) is 2. The van der Waals surface area contributed by atoms with Gasteiger partial charge in [-0.2, -0.15) is 0 Å². The molecular weight excluding hydrogens is 409 g/mol. The van der Waals surface area contributed by atoms with Gasteiger partial charge in [-0.25, -0.2) is 4.39 Å². The number of likely N-dealkylation sites (tertiary alicyclic amines) is 1. The monoisotopic (exact) mass is 435 g/mol.